The Kier molecular flexibility index (Phi) is 3.10. The van der Waals surface area contributed by atoms with Crippen LogP contribution in [0.5, 0.6) is 0 Å². The number of aromatic nitrogens is 3. The summed E-state index contributed by atoms with van der Waals surface area (Å²) < 4.78 is 0. The van der Waals surface area contributed by atoms with Crippen LogP contribution in [0.1, 0.15) is 11.8 Å². The fraction of sp³-hybridized carbons (Fsp3) is 0.154. The summed E-state index contributed by atoms with van der Waals surface area (Å²) in [5.41, 5.74) is 3.53. The minimum absolute atomic E-state index is 0.637. The Labute approximate surface area is 114 Å². The first-order valence-corrected chi connectivity index (χ1v) is 6.81. The molecule has 0 amide bonds. The van der Waals surface area contributed by atoms with E-state index in [4.69, 9.17) is 5.84 Å². The van der Waals surface area contributed by atoms with Crippen molar-refractivity contribution < 1.29 is 0 Å². The van der Waals surface area contributed by atoms with Crippen LogP contribution in [0.3, 0.4) is 0 Å². The zero-order valence-electron chi connectivity index (χ0n) is 10.4. The Balaban J connectivity index is 2.22. The van der Waals surface area contributed by atoms with Crippen molar-refractivity contribution in [3.05, 3.63) is 35.5 Å². The number of fused-ring (bicyclic) bond motifs is 1. The Morgan fingerprint density at radius 1 is 1.37 bits per heavy atom. The van der Waals surface area contributed by atoms with Crippen molar-refractivity contribution in [2.24, 2.45) is 5.84 Å². The van der Waals surface area contributed by atoms with Crippen molar-refractivity contribution in [3.8, 4) is 11.4 Å². The standard InChI is InChI=1S/C13H13N5S/c1-2-9-6-10-12(18-14)16-11(17-13(10)19-9)8-4-3-5-15-7-8/h3-7H,2,14H2,1H3,(H,16,17,18). The summed E-state index contributed by atoms with van der Waals surface area (Å²) in [5, 5.41) is 0.969. The number of thiophene rings is 1. The number of anilines is 1. The van der Waals surface area contributed by atoms with Crippen molar-refractivity contribution >= 4 is 27.4 Å². The summed E-state index contributed by atoms with van der Waals surface area (Å²) in [6, 6.07) is 5.88. The average Bonchev–Trinajstić information content (AvgIpc) is 2.90. The van der Waals surface area contributed by atoms with Gasteiger partial charge in [0.2, 0.25) is 0 Å². The Bertz CT molecular complexity index is 708. The molecule has 19 heavy (non-hydrogen) atoms. The molecule has 0 spiro atoms. The van der Waals surface area contributed by atoms with Gasteiger partial charge in [-0.15, -0.1) is 11.3 Å². The molecule has 0 aromatic carbocycles. The van der Waals surface area contributed by atoms with Crippen molar-refractivity contribution in [2.45, 2.75) is 13.3 Å². The first kappa shape index (κ1) is 12.0. The molecular weight excluding hydrogens is 258 g/mol. The van der Waals surface area contributed by atoms with E-state index < -0.39 is 0 Å². The molecule has 3 N–H and O–H groups in total. The zero-order chi connectivity index (χ0) is 13.2. The number of rotatable bonds is 3. The molecule has 0 unspecified atom stereocenters. The lowest BCUT2D eigenvalue weighted by molar-refractivity contribution is 1.18. The zero-order valence-corrected chi connectivity index (χ0v) is 11.2. The number of hydrogen-bond acceptors (Lipinski definition) is 6. The van der Waals surface area contributed by atoms with Crippen molar-refractivity contribution in [1.82, 2.24) is 15.0 Å². The van der Waals surface area contributed by atoms with Gasteiger partial charge < -0.3 is 5.43 Å². The summed E-state index contributed by atoms with van der Waals surface area (Å²) >= 11 is 1.67. The van der Waals surface area contributed by atoms with E-state index in [0.717, 1.165) is 22.2 Å². The second-order valence-electron chi connectivity index (χ2n) is 4.07. The maximum atomic E-state index is 5.56. The van der Waals surface area contributed by atoms with E-state index in [1.807, 2.05) is 12.1 Å². The molecule has 5 nitrogen and oxygen atoms in total. The second kappa shape index (κ2) is 4.91. The molecule has 0 saturated carbocycles. The van der Waals surface area contributed by atoms with E-state index in [2.05, 4.69) is 33.4 Å². The molecule has 0 aliphatic rings. The second-order valence-corrected chi connectivity index (χ2v) is 5.18. The van der Waals surface area contributed by atoms with E-state index in [1.54, 1.807) is 23.7 Å². The van der Waals surface area contributed by atoms with Gasteiger partial charge in [-0.1, -0.05) is 6.92 Å². The molecule has 3 aromatic rings. The molecule has 0 fully saturated rings. The number of pyridine rings is 1. The highest BCUT2D eigenvalue weighted by Gasteiger charge is 2.11. The van der Waals surface area contributed by atoms with Crippen LogP contribution in [0.4, 0.5) is 5.82 Å². The number of hydrazine groups is 1. The number of hydrogen-bond donors (Lipinski definition) is 2. The highest BCUT2D eigenvalue weighted by atomic mass is 32.1. The van der Waals surface area contributed by atoms with Crippen LogP contribution in [-0.4, -0.2) is 15.0 Å². The van der Waals surface area contributed by atoms with E-state index in [9.17, 15) is 0 Å². The van der Waals surface area contributed by atoms with Crippen LogP contribution in [0.2, 0.25) is 0 Å². The molecule has 96 valence electrons. The molecule has 0 aliphatic carbocycles. The fourth-order valence-corrected chi connectivity index (χ4v) is 2.85. The number of nitrogens with one attached hydrogen (secondary N) is 1. The number of nitrogen functional groups attached to an aromatic ring is 1. The lowest BCUT2D eigenvalue weighted by atomic mass is 10.2. The number of nitrogens with zero attached hydrogens (tertiary/aromatic N) is 3. The third kappa shape index (κ3) is 2.16. The van der Waals surface area contributed by atoms with Crippen LogP contribution in [0.15, 0.2) is 30.6 Å². The van der Waals surface area contributed by atoms with Gasteiger partial charge in [0.25, 0.3) is 0 Å². The fourth-order valence-electron chi connectivity index (χ4n) is 1.88. The Morgan fingerprint density at radius 3 is 2.95 bits per heavy atom. The van der Waals surface area contributed by atoms with Gasteiger partial charge >= 0.3 is 0 Å². The third-order valence-electron chi connectivity index (χ3n) is 2.85. The summed E-state index contributed by atoms with van der Waals surface area (Å²) in [7, 11) is 0. The highest BCUT2D eigenvalue weighted by molar-refractivity contribution is 7.18. The van der Waals surface area contributed by atoms with Crippen molar-refractivity contribution in [3.63, 3.8) is 0 Å². The molecule has 3 aromatic heterocycles. The summed E-state index contributed by atoms with van der Waals surface area (Å²) in [4.78, 5) is 15.4. The smallest absolute Gasteiger partial charge is 0.164 e. The van der Waals surface area contributed by atoms with Crippen LogP contribution in [-0.2, 0) is 6.42 Å². The van der Waals surface area contributed by atoms with Crippen LogP contribution >= 0.6 is 11.3 Å². The van der Waals surface area contributed by atoms with Crippen molar-refractivity contribution in [1.29, 1.82) is 0 Å². The maximum Gasteiger partial charge on any atom is 0.164 e. The quantitative estimate of drug-likeness (QED) is 0.565. The third-order valence-corrected chi connectivity index (χ3v) is 4.02. The molecule has 0 radical (unpaired) electrons. The first-order valence-electron chi connectivity index (χ1n) is 5.99. The maximum absolute atomic E-state index is 5.56. The monoisotopic (exact) mass is 271 g/mol. The lowest BCUT2D eigenvalue weighted by Crippen LogP contribution is -2.09. The average molecular weight is 271 g/mol. The van der Waals surface area contributed by atoms with Crippen LogP contribution < -0.4 is 11.3 Å². The van der Waals surface area contributed by atoms with Crippen molar-refractivity contribution in [2.75, 3.05) is 5.43 Å². The summed E-state index contributed by atoms with van der Waals surface area (Å²) in [5.74, 6) is 6.85. The molecule has 0 aliphatic heterocycles. The highest BCUT2D eigenvalue weighted by Crippen LogP contribution is 2.30. The molecule has 3 rings (SSSR count). The molecular formula is C13H13N5S. The summed E-state index contributed by atoms with van der Waals surface area (Å²) in [6.07, 6.45) is 4.45. The molecule has 3 heterocycles. The van der Waals surface area contributed by atoms with Gasteiger partial charge in [0.1, 0.15) is 4.83 Å². The van der Waals surface area contributed by atoms with Gasteiger partial charge in [0, 0.05) is 22.8 Å². The molecule has 0 saturated heterocycles. The van der Waals surface area contributed by atoms with Gasteiger partial charge in [-0.25, -0.2) is 15.8 Å². The molecule has 0 atom stereocenters. The van der Waals surface area contributed by atoms with Gasteiger partial charge in [0.05, 0.1) is 5.39 Å². The molecule has 0 bridgehead atoms. The van der Waals surface area contributed by atoms with E-state index in [-0.39, 0.29) is 0 Å². The van der Waals surface area contributed by atoms with Gasteiger partial charge in [0.15, 0.2) is 11.6 Å². The van der Waals surface area contributed by atoms with E-state index in [1.165, 1.54) is 4.88 Å². The lowest BCUT2D eigenvalue weighted by Gasteiger charge is -2.04. The minimum atomic E-state index is 0.637. The van der Waals surface area contributed by atoms with E-state index >= 15 is 0 Å². The topological polar surface area (TPSA) is 76.7 Å². The van der Waals surface area contributed by atoms with Gasteiger partial charge in [-0.3, -0.25) is 4.98 Å². The minimum Gasteiger partial charge on any atom is -0.308 e. The van der Waals surface area contributed by atoms with Gasteiger partial charge in [-0.05, 0) is 24.6 Å². The Hall–Kier alpha value is -2.05. The number of aryl methyl sites for hydroxylation is 1. The predicted octanol–water partition coefficient (Wildman–Crippen LogP) is 2.60. The van der Waals surface area contributed by atoms with Crippen LogP contribution in [0, 0.1) is 0 Å². The molecule has 6 heteroatoms. The SMILES string of the molecule is CCc1cc2c(NN)nc(-c3cccnc3)nc2s1. The normalized spacial score (nSPS) is 10.8. The predicted molar refractivity (Wildman–Crippen MR) is 77.8 cm³/mol. The number of nitrogens with two attached hydrogens (primary N) is 1. The van der Waals surface area contributed by atoms with E-state index in [0.29, 0.717) is 11.6 Å². The largest absolute Gasteiger partial charge is 0.308 e. The van der Waals surface area contributed by atoms with Crippen LogP contribution in [0.25, 0.3) is 21.6 Å². The Morgan fingerprint density at radius 2 is 2.26 bits per heavy atom. The summed E-state index contributed by atoms with van der Waals surface area (Å²) in [6.45, 7) is 2.12. The van der Waals surface area contributed by atoms with Gasteiger partial charge in [-0.2, -0.15) is 0 Å². The first-order chi connectivity index (χ1) is 9.31.